The standard InChI is InChI=1S/C21H26FN5O3S/c1-2-12-10-27-20(30-11-12)17(9-24-27)31(23,29)26-21(28)25-19-15-7-3-5-13(15)18(22)14-6-4-8-16(14)19/h9,12H,2-8,10-11H2,1H3,(H3,23,25,26,28,29)/t12-,31?/m0/s1. The van der Waals surface area contributed by atoms with E-state index in [0.29, 0.717) is 67.4 Å². The smallest absolute Gasteiger partial charge is 0.354 e. The molecule has 10 heteroatoms. The molecule has 2 aliphatic carbocycles. The summed E-state index contributed by atoms with van der Waals surface area (Å²) < 4.78 is 39.1. The van der Waals surface area contributed by atoms with Crippen LogP contribution in [0.1, 0.15) is 48.4 Å². The third-order valence-corrected chi connectivity index (χ3v) is 7.91. The summed E-state index contributed by atoms with van der Waals surface area (Å²) in [6.45, 7) is 3.18. The maximum absolute atomic E-state index is 14.8. The first-order chi connectivity index (χ1) is 14.9. The molecule has 0 fully saturated rings. The maximum Gasteiger partial charge on any atom is 0.354 e. The lowest BCUT2D eigenvalue weighted by Gasteiger charge is -2.23. The molecule has 1 aromatic carbocycles. The van der Waals surface area contributed by atoms with Gasteiger partial charge in [-0.1, -0.05) is 6.92 Å². The van der Waals surface area contributed by atoms with Crippen molar-refractivity contribution in [2.24, 2.45) is 15.4 Å². The number of carbonyl (C=O) groups excluding carboxylic acids is 1. The van der Waals surface area contributed by atoms with Crippen LogP contribution in [0.3, 0.4) is 0 Å². The van der Waals surface area contributed by atoms with Crippen LogP contribution < -0.4 is 15.2 Å². The SMILES string of the molecule is CC[C@@H]1COc2c(S(N)(=O)=NC(=O)Nc3c4c(c(F)c5c3CCC5)CCC4)cnn2C1. The summed E-state index contributed by atoms with van der Waals surface area (Å²) in [6.07, 6.45) is 6.74. The number of hydrogen-bond donors (Lipinski definition) is 2. The summed E-state index contributed by atoms with van der Waals surface area (Å²) in [5, 5.41) is 13.0. The second-order valence-electron chi connectivity index (χ2n) is 8.48. The highest BCUT2D eigenvalue weighted by Crippen LogP contribution is 2.41. The molecule has 166 valence electrons. The predicted octanol–water partition coefficient (Wildman–Crippen LogP) is 3.35. The average Bonchev–Trinajstić information content (AvgIpc) is 3.49. The van der Waals surface area contributed by atoms with E-state index in [1.807, 2.05) is 0 Å². The van der Waals surface area contributed by atoms with Crippen LogP contribution in [0.15, 0.2) is 15.5 Å². The minimum atomic E-state index is -3.56. The number of aromatic nitrogens is 2. The fourth-order valence-electron chi connectivity index (χ4n) is 4.92. The zero-order valence-corrected chi connectivity index (χ0v) is 18.3. The molecule has 0 saturated heterocycles. The maximum atomic E-state index is 14.8. The first-order valence-corrected chi connectivity index (χ1v) is 12.4. The van der Waals surface area contributed by atoms with Gasteiger partial charge in [0.05, 0.1) is 19.3 Å². The van der Waals surface area contributed by atoms with E-state index in [1.54, 1.807) is 4.68 Å². The van der Waals surface area contributed by atoms with Gasteiger partial charge in [-0.3, -0.25) is 0 Å². The topological polar surface area (TPSA) is 112 Å². The van der Waals surface area contributed by atoms with Crippen LogP contribution in [0.25, 0.3) is 0 Å². The van der Waals surface area contributed by atoms with E-state index in [-0.39, 0.29) is 10.7 Å². The Labute approximate surface area is 180 Å². The van der Waals surface area contributed by atoms with Gasteiger partial charge in [0, 0.05) is 11.6 Å². The molecule has 0 radical (unpaired) electrons. The van der Waals surface area contributed by atoms with Crippen LogP contribution in [0, 0.1) is 11.7 Å². The predicted molar refractivity (Wildman–Crippen MR) is 114 cm³/mol. The summed E-state index contributed by atoms with van der Waals surface area (Å²) in [5.41, 5.74) is 3.68. The number of benzene rings is 1. The molecular formula is C21H26FN5O3S. The van der Waals surface area contributed by atoms with E-state index >= 15 is 0 Å². The van der Waals surface area contributed by atoms with Crippen molar-refractivity contribution in [2.75, 3.05) is 11.9 Å². The number of ether oxygens (including phenoxy) is 1. The lowest BCUT2D eigenvalue weighted by molar-refractivity contribution is 0.157. The van der Waals surface area contributed by atoms with E-state index in [4.69, 9.17) is 9.88 Å². The number of nitrogens with two attached hydrogens (primary N) is 1. The van der Waals surface area contributed by atoms with Gasteiger partial charge >= 0.3 is 6.03 Å². The zero-order valence-electron chi connectivity index (χ0n) is 17.4. The molecule has 1 aliphatic heterocycles. The highest BCUT2D eigenvalue weighted by Gasteiger charge is 2.31. The summed E-state index contributed by atoms with van der Waals surface area (Å²) in [5.74, 6) is 0.501. The van der Waals surface area contributed by atoms with Gasteiger partial charge in [-0.15, -0.1) is 4.36 Å². The number of carbonyl (C=O) groups is 1. The van der Waals surface area contributed by atoms with Crippen LogP contribution in [0.2, 0.25) is 0 Å². The van der Waals surface area contributed by atoms with Crippen LogP contribution in [0.4, 0.5) is 14.9 Å². The molecule has 1 aromatic heterocycles. The van der Waals surface area contributed by atoms with Gasteiger partial charge in [0.25, 0.3) is 0 Å². The summed E-state index contributed by atoms with van der Waals surface area (Å²) in [4.78, 5) is 12.9. The van der Waals surface area contributed by atoms with Crippen molar-refractivity contribution in [3.05, 3.63) is 34.3 Å². The molecule has 2 heterocycles. The third-order valence-electron chi connectivity index (χ3n) is 6.56. The molecule has 3 N–H and O–H groups in total. The Morgan fingerprint density at radius 3 is 2.58 bits per heavy atom. The van der Waals surface area contributed by atoms with Gasteiger partial charge in [-0.25, -0.2) is 23.2 Å². The fourth-order valence-corrected chi connectivity index (χ4v) is 5.92. The van der Waals surface area contributed by atoms with Crippen LogP contribution in [0.5, 0.6) is 5.88 Å². The number of hydrogen-bond acceptors (Lipinski definition) is 4. The van der Waals surface area contributed by atoms with E-state index in [9.17, 15) is 13.4 Å². The fraction of sp³-hybridized carbons (Fsp3) is 0.524. The van der Waals surface area contributed by atoms with Crippen molar-refractivity contribution in [3.8, 4) is 5.88 Å². The number of halogens is 1. The molecule has 2 atom stereocenters. The van der Waals surface area contributed by atoms with Crippen LogP contribution in [-0.2, 0) is 42.1 Å². The Morgan fingerprint density at radius 2 is 1.94 bits per heavy atom. The van der Waals surface area contributed by atoms with Crippen molar-refractivity contribution in [1.29, 1.82) is 0 Å². The average molecular weight is 448 g/mol. The quantitative estimate of drug-likeness (QED) is 0.751. The van der Waals surface area contributed by atoms with Gasteiger partial charge in [-0.2, -0.15) is 5.10 Å². The Hall–Kier alpha value is -2.46. The van der Waals surface area contributed by atoms with Crippen LogP contribution >= 0.6 is 0 Å². The highest BCUT2D eigenvalue weighted by molar-refractivity contribution is 7.91. The van der Waals surface area contributed by atoms with Gasteiger partial charge < -0.3 is 10.1 Å². The second-order valence-corrected chi connectivity index (χ2v) is 10.2. The number of urea groups is 1. The molecule has 31 heavy (non-hydrogen) atoms. The highest BCUT2D eigenvalue weighted by atomic mass is 32.2. The Morgan fingerprint density at radius 1 is 1.29 bits per heavy atom. The third kappa shape index (κ3) is 3.41. The summed E-state index contributed by atoms with van der Waals surface area (Å²) in [7, 11) is -3.56. The minimum absolute atomic E-state index is 0.117. The second kappa shape index (κ2) is 7.59. The number of nitrogens with one attached hydrogen (secondary N) is 1. The molecule has 2 amide bonds. The van der Waals surface area contributed by atoms with E-state index in [1.165, 1.54) is 6.20 Å². The Bertz CT molecular complexity index is 1160. The molecule has 0 saturated carbocycles. The van der Waals surface area contributed by atoms with Crippen molar-refractivity contribution in [2.45, 2.75) is 63.3 Å². The number of fused-ring (bicyclic) bond motifs is 3. The first-order valence-electron chi connectivity index (χ1n) is 10.8. The molecule has 1 unspecified atom stereocenters. The van der Waals surface area contributed by atoms with Gasteiger partial charge in [0.2, 0.25) is 5.88 Å². The first kappa shape index (κ1) is 20.4. The van der Waals surface area contributed by atoms with Crippen LogP contribution in [-0.4, -0.2) is 26.6 Å². The van der Waals surface area contributed by atoms with Crippen molar-refractivity contribution < 1.29 is 18.1 Å². The van der Waals surface area contributed by atoms with E-state index in [0.717, 1.165) is 30.4 Å². The largest absolute Gasteiger partial charge is 0.477 e. The Balaban J connectivity index is 1.47. The number of rotatable bonds is 3. The van der Waals surface area contributed by atoms with E-state index in [2.05, 4.69) is 21.7 Å². The van der Waals surface area contributed by atoms with Gasteiger partial charge in [-0.05, 0) is 67.2 Å². The lowest BCUT2D eigenvalue weighted by Crippen LogP contribution is -2.26. The number of anilines is 1. The molecule has 3 aliphatic rings. The monoisotopic (exact) mass is 447 g/mol. The van der Waals surface area contributed by atoms with Crippen molar-refractivity contribution in [1.82, 2.24) is 9.78 Å². The minimum Gasteiger partial charge on any atom is -0.477 e. The zero-order chi connectivity index (χ0) is 21.8. The van der Waals surface area contributed by atoms with Crippen molar-refractivity contribution in [3.63, 3.8) is 0 Å². The van der Waals surface area contributed by atoms with E-state index < -0.39 is 15.9 Å². The Kier molecular flexibility index (Phi) is 5.01. The molecule has 0 bridgehead atoms. The summed E-state index contributed by atoms with van der Waals surface area (Å²) in [6, 6.07) is -0.801. The molecular weight excluding hydrogens is 421 g/mol. The lowest BCUT2D eigenvalue weighted by atomic mass is 9.98. The molecule has 2 aromatic rings. The summed E-state index contributed by atoms with van der Waals surface area (Å²) >= 11 is 0. The number of amides is 2. The molecule has 5 rings (SSSR count). The molecule has 8 nitrogen and oxygen atoms in total. The normalized spacial score (nSPS) is 20.9. The van der Waals surface area contributed by atoms with Gasteiger partial charge in [0.1, 0.15) is 10.7 Å². The number of nitrogens with zero attached hydrogens (tertiary/aromatic N) is 3. The molecule has 0 spiro atoms. The van der Waals surface area contributed by atoms with Gasteiger partial charge in [0.15, 0.2) is 9.92 Å². The van der Waals surface area contributed by atoms with Crippen molar-refractivity contribution >= 4 is 21.6 Å².